The molecule has 0 atom stereocenters. The van der Waals surface area contributed by atoms with Crippen LogP contribution in [0.4, 0.5) is 4.39 Å². The largest absolute Gasteiger partial charge is 0.481 e. The van der Waals surface area contributed by atoms with E-state index in [1.807, 2.05) is 6.07 Å². The number of fused-ring (bicyclic) bond motifs is 1. The molecular formula is C17H20FNO2. The summed E-state index contributed by atoms with van der Waals surface area (Å²) in [4.78, 5) is 11.1. The molecule has 1 aliphatic carbocycles. The van der Waals surface area contributed by atoms with Gasteiger partial charge in [0.1, 0.15) is 5.82 Å². The van der Waals surface area contributed by atoms with Crippen LogP contribution in [0.25, 0.3) is 10.9 Å². The SMILES string of the molecule is CCc1cc2ccc(F)cc2n1C1CCC(C(=O)O)CC1. The summed E-state index contributed by atoms with van der Waals surface area (Å²) in [5.41, 5.74) is 2.14. The third kappa shape index (κ3) is 2.55. The van der Waals surface area contributed by atoms with Gasteiger partial charge in [-0.1, -0.05) is 6.92 Å². The minimum atomic E-state index is -0.687. The summed E-state index contributed by atoms with van der Waals surface area (Å²) in [6.07, 6.45) is 4.01. The van der Waals surface area contributed by atoms with Crippen LogP contribution < -0.4 is 0 Å². The molecule has 1 fully saturated rings. The summed E-state index contributed by atoms with van der Waals surface area (Å²) in [6, 6.07) is 7.32. The van der Waals surface area contributed by atoms with Crippen LogP contribution in [0.5, 0.6) is 0 Å². The molecule has 1 aromatic heterocycles. The summed E-state index contributed by atoms with van der Waals surface area (Å²) in [5.74, 6) is -1.12. The van der Waals surface area contributed by atoms with Gasteiger partial charge < -0.3 is 9.67 Å². The van der Waals surface area contributed by atoms with Crippen molar-refractivity contribution in [1.29, 1.82) is 0 Å². The lowest BCUT2D eigenvalue weighted by atomic mass is 9.86. The Morgan fingerprint density at radius 3 is 2.62 bits per heavy atom. The van der Waals surface area contributed by atoms with Gasteiger partial charge in [0.15, 0.2) is 0 Å². The number of aliphatic carboxylic acids is 1. The quantitative estimate of drug-likeness (QED) is 0.922. The molecular weight excluding hydrogens is 269 g/mol. The van der Waals surface area contributed by atoms with Gasteiger partial charge in [-0.2, -0.15) is 0 Å². The first-order chi connectivity index (χ1) is 10.1. The lowest BCUT2D eigenvalue weighted by molar-refractivity contribution is -0.143. The number of carboxylic acid groups (broad SMARTS) is 1. The number of nitrogens with zero attached hydrogens (tertiary/aromatic N) is 1. The molecule has 0 amide bonds. The van der Waals surface area contributed by atoms with Gasteiger partial charge in [-0.05, 0) is 56.4 Å². The number of aromatic nitrogens is 1. The van der Waals surface area contributed by atoms with Crippen molar-refractivity contribution in [2.45, 2.75) is 45.1 Å². The standard InChI is InChI=1S/C17H20FNO2/c1-2-14-9-12-3-6-13(18)10-16(12)19(14)15-7-4-11(5-8-15)17(20)21/h3,6,9-11,15H,2,4-5,7-8H2,1H3,(H,20,21). The number of aryl methyl sites for hydroxylation is 1. The number of rotatable bonds is 3. The van der Waals surface area contributed by atoms with Crippen LogP contribution in [-0.2, 0) is 11.2 Å². The topological polar surface area (TPSA) is 42.2 Å². The summed E-state index contributed by atoms with van der Waals surface area (Å²) < 4.78 is 15.8. The molecule has 3 nitrogen and oxygen atoms in total. The monoisotopic (exact) mass is 289 g/mol. The smallest absolute Gasteiger partial charge is 0.306 e. The summed E-state index contributed by atoms with van der Waals surface area (Å²) in [7, 11) is 0. The highest BCUT2D eigenvalue weighted by atomic mass is 19.1. The molecule has 0 unspecified atom stereocenters. The van der Waals surface area contributed by atoms with E-state index < -0.39 is 5.97 Å². The highest BCUT2D eigenvalue weighted by Crippen LogP contribution is 2.36. The van der Waals surface area contributed by atoms with E-state index in [1.165, 1.54) is 11.8 Å². The summed E-state index contributed by atoms with van der Waals surface area (Å²) in [6.45, 7) is 2.10. The number of benzene rings is 1. The Bertz CT molecular complexity index is 669. The third-order valence-electron chi connectivity index (χ3n) is 4.66. The van der Waals surface area contributed by atoms with Crippen molar-refractivity contribution in [3.05, 3.63) is 35.8 Å². The number of halogens is 1. The van der Waals surface area contributed by atoms with Gasteiger partial charge in [-0.3, -0.25) is 4.79 Å². The number of carbonyl (C=O) groups is 1. The van der Waals surface area contributed by atoms with Crippen LogP contribution in [0, 0.1) is 11.7 Å². The molecule has 0 bridgehead atoms. The second kappa shape index (κ2) is 5.51. The van der Waals surface area contributed by atoms with Crippen LogP contribution in [0.3, 0.4) is 0 Å². The first kappa shape index (κ1) is 14.1. The van der Waals surface area contributed by atoms with Crippen molar-refractivity contribution in [1.82, 2.24) is 4.57 Å². The molecule has 0 spiro atoms. The Labute approximate surface area is 123 Å². The maximum Gasteiger partial charge on any atom is 0.306 e. The molecule has 0 radical (unpaired) electrons. The fourth-order valence-electron chi connectivity index (χ4n) is 3.54. The van der Waals surface area contributed by atoms with E-state index in [4.69, 9.17) is 5.11 Å². The second-order valence-electron chi connectivity index (χ2n) is 5.91. The summed E-state index contributed by atoms with van der Waals surface area (Å²) in [5, 5.41) is 10.2. The van der Waals surface area contributed by atoms with Crippen LogP contribution >= 0.6 is 0 Å². The molecule has 0 saturated heterocycles. The van der Waals surface area contributed by atoms with E-state index in [0.29, 0.717) is 12.8 Å². The van der Waals surface area contributed by atoms with E-state index in [2.05, 4.69) is 17.6 Å². The van der Waals surface area contributed by atoms with E-state index in [0.717, 1.165) is 30.2 Å². The lowest BCUT2D eigenvalue weighted by Crippen LogP contribution is -2.24. The van der Waals surface area contributed by atoms with E-state index in [1.54, 1.807) is 6.07 Å². The zero-order chi connectivity index (χ0) is 15.0. The fraction of sp³-hybridized carbons (Fsp3) is 0.471. The fourth-order valence-corrected chi connectivity index (χ4v) is 3.54. The van der Waals surface area contributed by atoms with Gasteiger partial charge >= 0.3 is 5.97 Å². The van der Waals surface area contributed by atoms with Crippen molar-refractivity contribution in [2.24, 2.45) is 5.92 Å². The van der Waals surface area contributed by atoms with Crippen molar-refractivity contribution in [3.63, 3.8) is 0 Å². The molecule has 1 aromatic carbocycles. The molecule has 1 saturated carbocycles. The maximum atomic E-state index is 13.6. The van der Waals surface area contributed by atoms with Crippen molar-refractivity contribution >= 4 is 16.9 Å². The zero-order valence-electron chi connectivity index (χ0n) is 12.2. The van der Waals surface area contributed by atoms with E-state index in [9.17, 15) is 9.18 Å². The van der Waals surface area contributed by atoms with Crippen molar-refractivity contribution in [3.8, 4) is 0 Å². The van der Waals surface area contributed by atoms with Gasteiger partial charge in [0, 0.05) is 17.1 Å². The third-order valence-corrected chi connectivity index (χ3v) is 4.66. The van der Waals surface area contributed by atoms with Gasteiger partial charge in [-0.25, -0.2) is 4.39 Å². The highest BCUT2D eigenvalue weighted by Gasteiger charge is 2.28. The minimum Gasteiger partial charge on any atom is -0.481 e. The predicted molar refractivity (Wildman–Crippen MR) is 79.9 cm³/mol. The van der Waals surface area contributed by atoms with E-state index in [-0.39, 0.29) is 17.8 Å². The normalized spacial score (nSPS) is 22.6. The highest BCUT2D eigenvalue weighted by molar-refractivity contribution is 5.81. The Kier molecular flexibility index (Phi) is 3.70. The number of hydrogen-bond acceptors (Lipinski definition) is 1. The molecule has 21 heavy (non-hydrogen) atoms. The average Bonchev–Trinajstić information content (AvgIpc) is 2.85. The van der Waals surface area contributed by atoms with Crippen LogP contribution in [0.2, 0.25) is 0 Å². The molecule has 1 N–H and O–H groups in total. The van der Waals surface area contributed by atoms with Gasteiger partial charge in [0.05, 0.1) is 11.4 Å². The first-order valence-electron chi connectivity index (χ1n) is 7.62. The minimum absolute atomic E-state index is 0.218. The van der Waals surface area contributed by atoms with Gasteiger partial charge in [-0.15, -0.1) is 0 Å². The Morgan fingerprint density at radius 2 is 2.00 bits per heavy atom. The van der Waals surface area contributed by atoms with Gasteiger partial charge in [0.2, 0.25) is 0 Å². The van der Waals surface area contributed by atoms with Crippen LogP contribution in [0.1, 0.15) is 44.3 Å². The predicted octanol–water partition coefficient (Wildman–Crippen LogP) is 4.16. The van der Waals surface area contributed by atoms with Crippen molar-refractivity contribution in [2.75, 3.05) is 0 Å². The first-order valence-corrected chi connectivity index (χ1v) is 7.62. The maximum absolute atomic E-state index is 13.6. The average molecular weight is 289 g/mol. The Balaban J connectivity index is 1.96. The molecule has 1 aliphatic rings. The summed E-state index contributed by atoms with van der Waals surface area (Å²) >= 11 is 0. The molecule has 4 heteroatoms. The molecule has 1 heterocycles. The lowest BCUT2D eigenvalue weighted by Gasteiger charge is -2.29. The van der Waals surface area contributed by atoms with Crippen LogP contribution in [-0.4, -0.2) is 15.6 Å². The van der Waals surface area contributed by atoms with E-state index >= 15 is 0 Å². The van der Waals surface area contributed by atoms with Gasteiger partial charge in [0.25, 0.3) is 0 Å². The molecule has 3 rings (SSSR count). The number of hydrogen-bond donors (Lipinski definition) is 1. The second-order valence-corrected chi connectivity index (χ2v) is 5.91. The Hall–Kier alpha value is -1.84. The molecule has 112 valence electrons. The number of carboxylic acids is 1. The molecule has 2 aromatic rings. The Morgan fingerprint density at radius 1 is 1.29 bits per heavy atom. The zero-order valence-corrected chi connectivity index (χ0v) is 12.2. The molecule has 0 aliphatic heterocycles. The van der Waals surface area contributed by atoms with Crippen molar-refractivity contribution < 1.29 is 14.3 Å². The van der Waals surface area contributed by atoms with Crippen LogP contribution in [0.15, 0.2) is 24.3 Å².